The molecule has 2 aliphatic heterocycles. The highest BCUT2D eigenvalue weighted by Gasteiger charge is 2.25. The summed E-state index contributed by atoms with van der Waals surface area (Å²) in [6.45, 7) is 2.95. The molecule has 0 aromatic heterocycles. The summed E-state index contributed by atoms with van der Waals surface area (Å²) in [7, 11) is 3.08. The average Bonchev–Trinajstić information content (AvgIpc) is 3.54. The van der Waals surface area contributed by atoms with Crippen LogP contribution in [0, 0.1) is 5.92 Å². The van der Waals surface area contributed by atoms with Crippen molar-refractivity contribution < 1.29 is 23.8 Å². The number of hydrogen-bond donors (Lipinski definition) is 2. The second-order valence-electron chi connectivity index (χ2n) is 10.7. The Balaban J connectivity index is 1.32. The molecular weight excluding hydrogens is 518 g/mol. The van der Waals surface area contributed by atoms with E-state index in [1.807, 2.05) is 12.1 Å². The van der Waals surface area contributed by atoms with Crippen LogP contribution in [-0.4, -0.2) is 58.4 Å². The molecule has 2 heterocycles. The van der Waals surface area contributed by atoms with Gasteiger partial charge in [0.2, 0.25) is 0 Å². The van der Waals surface area contributed by atoms with Crippen LogP contribution in [0.4, 0.5) is 11.4 Å². The monoisotopic (exact) mass is 557 g/mol. The largest absolute Gasteiger partial charge is 0.497 e. The van der Waals surface area contributed by atoms with Gasteiger partial charge in [-0.25, -0.2) is 0 Å². The Bertz CT molecular complexity index is 1330. The fourth-order valence-corrected chi connectivity index (χ4v) is 5.69. The molecule has 0 saturated carbocycles. The van der Waals surface area contributed by atoms with Crippen molar-refractivity contribution in [2.45, 2.75) is 38.2 Å². The minimum Gasteiger partial charge on any atom is -0.497 e. The van der Waals surface area contributed by atoms with Gasteiger partial charge in [0.1, 0.15) is 11.5 Å². The SMILES string of the molecule is COc1ccc(C(=O)Nc2ccc(N3CCC(Cc4ccccc4)CC3)c(C(=O)NCC3CCCO3)c2)c(OC)c1. The van der Waals surface area contributed by atoms with Crippen molar-refractivity contribution in [1.82, 2.24) is 5.32 Å². The van der Waals surface area contributed by atoms with Gasteiger partial charge in [0.15, 0.2) is 0 Å². The predicted molar refractivity (Wildman–Crippen MR) is 160 cm³/mol. The van der Waals surface area contributed by atoms with Crippen molar-refractivity contribution in [3.63, 3.8) is 0 Å². The third kappa shape index (κ3) is 7.19. The zero-order chi connectivity index (χ0) is 28.6. The van der Waals surface area contributed by atoms with Crippen molar-refractivity contribution >= 4 is 23.2 Å². The summed E-state index contributed by atoms with van der Waals surface area (Å²) in [4.78, 5) is 29.0. The lowest BCUT2D eigenvalue weighted by molar-refractivity contribution is 0.0858. The summed E-state index contributed by atoms with van der Waals surface area (Å²) < 4.78 is 16.4. The van der Waals surface area contributed by atoms with Crippen LogP contribution < -0.4 is 25.0 Å². The van der Waals surface area contributed by atoms with Crippen molar-refractivity contribution in [2.24, 2.45) is 5.92 Å². The topological polar surface area (TPSA) is 89.1 Å². The highest BCUT2D eigenvalue weighted by Crippen LogP contribution is 2.31. The fourth-order valence-electron chi connectivity index (χ4n) is 5.69. The minimum atomic E-state index is -0.329. The highest BCUT2D eigenvalue weighted by atomic mass is 16.5. The number of hydrogen-bond acceptors (Lipinski definition) is 6. The third-order valence-corrected chi connectivity index (χ3v) is 7.99. The summed E-state index contributed by atoms with van der Waals surface area (Å²) >= 11 is 0. The molecule has 5 rings (SSSR count). The number of benzene rings is 3. The summed E-state index contributed by atoms with van der Waals surface area (Å²) in [5, 5.41) is 6.01. The van der Waals surface area contributed by atoms with E-state index in [1.54, 1.807) is 31.4 Å². The maximum Gasteiger partial charge on any atom is 0.259 e. The molecule has 216 valence electrons. The molecule has 1 atom stereocenters. The van der Waals surface area contributed by atoms with Crippen molar-refractivity contribution in [2.75, 3.05) is 50.7 Å². The van der Waals surface area contributed by atoms with E-state index in [9.17, 15) is 9.59 Å². The first-order valence-corrected chi connectivity index (χ1v) is 14.4. The molecule has 0 spiro atoms. The van der Waals surface area contributed by atoms with Crippen molar-refractivity contribution in [3.8, 4) is 11.5 Å². The van der Waals surface area contributed by atoms with E-state index in [1.165, 1.54) is 12.7 Å². The maximum atomic E-state index is 13.5. The van der Waals surface area contributed by atoms with Gasteiger partial charge in [0, 0.05) is 43.7 Å². The van der Waals surface area contributed by atoms with Gasteiger partial charge >= 0.3 is 0 Å². The first kappa shape index (κ1) is 28.5. The van der Waals surface area contributed by atoms with Crippen LogP contribution in [0.3, 0.4) is 0 Å². The molecule has 3 aromatic rings. The Kier molecular flexibility index (Phi) is 9.41. The van der Waals surface area contributed by atoms with Gasteiger partial charge in [-0.05, 0) is 73.9 Å². The van der Waals surface area contributed by atoms with E-state index >= 15 is 0 Å². The van der Waals surface area contributed by atoms with Gasteiger partial charge in [0.05, 0.1) is 31.5 Å². The summed E-state index contributed by atoms with van der Waals surface area (Å²) in [6.07, 6.45) is 5.19. The van der Waals surface area contributed by atoms with E-state index in [2.05, 4.69) is 45.9 Å². The predicted octanol–water partition coefficient (Wildman–Crippen LogP) is 5.32. The van der Waals surface area contributed by atoms with Crippen molar-refractivity contribution in [1.29, 1.82) is 0 Å². The van der Waals surface area contributed by atoms with Gasteiger partial charge in [-0.15, -0.1) is 0 Å². The zero-order valence-corrected chi connectivity index (χ0v) is 23.9. The molecule has 41 heavy (non-hydrogen) atoms. The summed E-state index contributed by atoms with van der Waals surface area (Å²) in [5.74, 6) is 1.13. The smallest absolute Gasteiger partial charge is 0.259 e. The van der Waals surface area contributed by atoms with Gasteiger partial charge in [-0.2, -0.15) is 0 Å². The molecule has 2 saturated heterocycles. The standard InChI is InChI=1S/C33H39N3O5/c1-39-26-11-12-28(31(21-26)40-2)33(38)35-25-10-13-30(29(20-25)32(37)34-22-27-9-6-18-41-27)36-16-14-24(15-17-36)19-23-7-4-3-5-8-23/h3-5,7-8,10-13,20-21,24,27H,6,9,14-19,22H2,1-2H3,(H,34,37)(H,35,38). The second-order valence-corrected chi connectivity index (χ2v) is 10.7. The van der Waals surface area contributed by atoms with Gasteiger partial charge < -0.3 is 29.7 Å². The average molecular weight is 558 g/mol. The molecule has 1 unspecified atom stereocenters. The number of nitrogens with zero attached hydrogens (tertiary/aromatic N) is 1. The van der Waals surface area contributed by atoms with Crippen LogP contribution in [0.15, 0.2) is 66.7 Å². The number of ether oxygens (including phenoxy) is 3. The molecule has 0 radical (unpaired) electrons. The highest BCUT2D eigenvalue weighted by molar-refractivity contribution is 6.08. The Morgan fingerprint density at radius 2 is 1.71 bits per heavy atom. The molecule has 3 aromatic carbocycles. The molecule has 2 N–H and O–H groups in total. The summed E-state index contributed by atoms with van der Waals surface area (Å²) in [6, 6.07) is 21.2. The van der Waals surface area contributed by atoms with Gasteiger partial charge in [-0.3, -0.25) is 9.59 Å². The fraction of sp³-hybridized carbons (Fsp3) is 0.394. The zero-order valence-electron chi connectivity index (χ0n) is 23.9. The lowest BCUT2D eigenvalue weighted by Crippen LogP contribution is -2.37. The van der Waals surface area contributed by atoms with Gasteiger partial charge in [0.25, 0.3) is 11.8 Å². The Morgan fingerprint density at radius 1 is 0.902 bits per heavy atom. The van der Waals surface area contributed by atoms with Crippen LogP contribution >= 0.6 is 0 Å². The van der Waals surface area contributed by atoms with E-state index in [-0.39, 0.29) is 17.9 Å². The van der Waals surface area contributed by atoms with Crippen molar-refractivity contribution in [3.05, 3.63) is 83.4 Å². The number of rotatable bonds is 10. The van der Waals surface area contributed by atoms with Crippen LogP contribution in [0.1, 0.15) is 52.0 Å². The lowest BCUT2D eigenvalue weighted by atomic mass is 9.89. The van der Waals surface area contributed by atoms with Crippen LogP contribution in [-0.2, 0) is 11.2 Å². The molecule has 8 heteroatoms. The first-order valence-electron chi connectivity index (χ1n) is 14.4. The normalized spacial score (nSPS) is 17.2. The number of piperidine rings is 1. The minimum absolute atomic E-state index is 0.0431. The first-order chi connectivity index (χ1) is 20.0. The molecule has 2 aliphatic rings. The van der Waals surface area contributed by atoms with E-state index in [0.717, 1.165) is 57.5 Å². The Hall–Kier alpha value is -4.04. The maximum absolute atomic E-state index is 13.5. The summed E-state index contributed by atoms with van der Waals surface area (Å²) in [5.41, 5.74) is 3.71. The van der Waals surface area contributed by atoms with Gasteiger partial charge in [-0.1, -0.05) is 30.3 Å². The number of methoxy groups -OCH3 is 2. The second kappa shape index (κ2) is 13.5. The number of anilines is 2. The van der Waals surface area contributed by atoms with Crippen LogP contribution in [0.25, 0.3) is 0 Å². The van der Waals surface area contributed by atoms with E-state index in [4.69, 9.17) is 14.2 Å². The van der Waals surface area contributed by atoms with E-state index < -0.39 is 0 Å². The Morgan fingerprint density at radius 3 is 2.41 bits per heavy atom. The molecule has 8 nitrogen and oxygen atoms in total. The number of carbonyl (C=O) groups excluding carboxylic acids is 2. The quantitative estimate of drug-likeness (QED) is 0.351. The van der Waals surface area contributed by atoms with Crippen LogP contribution in [0.2, 0.25) is 0 Å². The molecule has 0 bridgehead atoms. The lowest BCUT2D eigenvalue weighted by Gasteiger charge is -2.35. The van der Waals surface area contributed by atoms with E-state index in [0.29, 0.717) is 40.8 Å². The molecular formula is C33H39N3O5. The number of amides is 2. The molecule has 2 fully saturated rings. The van der Waals surface area contributed by atoms with Crippen LogP contribution in [0.5, 0.6) is 11.5 Å². The molecule has 0 aliphatic carbocycles. The third-order valence-electron chi connectivity index (χ3n) is 7.99. The Labute approximate surface area is 242 Å². The number of nitrogens with one attached hydrogen (secondary N) is 2. The number of carbonyl (C=O) groups is 2. The molecule has 2 amide bonds.